The van der Waals surface area contributed by atoms with E-state index in [9.17, 15) is 0 Å². The second kappa shape index (κ2) is 7.82. The second-order valence-electron chi connectivity index (χ2n) is 1.94. The third-order valence-electron chi connectivity index (χ3n) is 0.873. The highest BCUT2D eigenvalue weighted by atomic mass is 31.2. The molecule has 0 aromatic carbocycles. The van der Waals surface area contributed by atoms with Crippen LogP contribution in [0.2, 0.25) is 0 Å². The zero-order valence-corrected chi connectivity index (χ0v) is 7.70. The van der Waals surface area contributed by atoms with Crippen molar-refractivity contribution >= 4 is 8.60 Å². The van der Waals surface area contributed by atoms with E-state index >= 15 is 0 Å². The van der Waals surface area contributed by atoms with Crippen molar-refractivity contribution in [2.75, 3.05) is 26.8 Å². The first-order valence-corrected chi connectivity index (χ1v) is 4.55. The lowest BCUT2D eigenvalue weighted by molar-refractivity contribution is -0.0359. The molecule has 1 aliphatic heterocycles. The van der Waals surface area contributed by atoms with Crippen molar-refractivity contribution in [3.63, 3.8) is 0 Å². The van der Waals surface area contributed by atoms with Gasteiger partial charge in [-0.3, -0.25) is 0 Å². The Labute approximate surface area is 72.1 Å². The fraction of sp³-hybridized carbons (Fsp3) is 1.00. The van der Waals surface area contributed by atoms with E-state index in [0.717, 1.165) is 0 Å². The number of hydrogen-bond donors (Lipinski definition) is 4. The van der Waals surface area contributed by atoms with E-state index in [2.05, 4.69) is 14.4 Å². The minimum atomic E-state index is -1.47. The highest BCUT2D eigenvalue weighted by Gasteiger charge is 2.12. The molecule has 0 aromatic heterocycles. The summed E-state index contributed by atoms with van der Waals surface area (Å²) in [6.45, 7) is 1.32. The number of rotatable bonds is 2. The maximum Gasteiger partial charge on any atom is 0.330 e. The third kappa shape index (κ3) is 8.29. The smallest absolute Gasteiger partial charge is 0.330 e. The van der Waals surface area contributed by atoms with Crippen LogP contribution in [0.1, 0.15) is 0 Å². The summed E-state index contributed by atoms with van der Waals surface area (Å²) in [5.74, 6) is 0. The van der Waals surface area contributed by atoms with E-state index in [1.807, 2.05) is 0 Å². The molecular formula is C5H14NO5P. The summed E-state index contributed by atoms with van der Waals surface area (Å²) in [5.41, 5.74) is 0. The van der Waals surface area contributed by atoms with Gasteiger partial charge >= 0.3 is 8.60 Å². The van der Waals surface area contributed by atoms with E-state index in [1.165, 1.54) is 0 Å². The first-order chi connectivity index (χ1) is 5.66. The summed E-state index contributed by atoms with van der Waals surface area (Å²) in [5, 5.41) is 18.7. The average Bonchev–Trinajstić information content (AvgIpc) is 2.40. The monoisotopic (exact) mass is 199 g/mol. The van der Waals surface area contributed by atoms with Gasteiger partial charge in [-0.25, -0.2) is 0 Å². The Morgan fingerprint density at radius 3 is 2.00 bits per heavy atom. The molecule has 0 radical (unpaired) electrons. The van der Waals surface area contributed by atoms with Gasteiger partial charge in [0, 0.05) is 6.54 Å². The fourth-order valence-corrected chi connectivity index (χ4v) is 0.987. The van der Waals surface area contributed by atoms with Crippen LogP contribution in [0.5, 0.6) is 0 Å². The standard InChI is InChI=1S/C3H9NO2.C2H5O3P/c1-4-2-3(5)6;3-6-4-1-2-5-6/h3-6H,2H2,1H3;3H,1-2H2. The molecule has 0 atom stereocenters. The molecule has 0 amide bonds. The van der Waals surface area contributed by atoms with Gasteiger partial charge in [-0.2, -0.15) is 0 Å². The van der Waals surface area contributed by atoms with Gasteiger partial charge < -0.3 is 29.5 Å². The predicted octanol–water partition coefficient (Wildman–Crippen LogP) is -1.23. The fourth-order valence-electron chi connectivity index (χ4n) is 0.451. The van der Waals surface area contributed by atoms with Crippen LogP contribution in [0.3, 0.4) is 0 Å². The third-order valence-corrected chi connectivity index (χ3v) is 1.68. The maximum atomic E-state index is 8.35. The lowest BCUT2D eigenvalue weighted by Gasteiger charge is -1.97. The van der Waals surface area contributed by atoms with Crippen molar-refractivity contribution < 1.29 is 24.2 Å². The van der Waals surface area contributed by atoms with Crippen LogP contribution in [0, 0.1) is 0 Å². The first-order valence-electron chi connectivity index (χ1n) is 3.42. The molecule has 0 aliphatic carbocycles. The van der Waals surface area contributed by atoms with Gasteiger partial charge in [0.15, 0.2) is 6.29 Å². The Balaban J connectivity index is 0.000000202. The Kier molecular flexibility index (Phi) is 7.94. The number of aliphatic hydroxyl groups excluding tert-OH is 1. The minimum absolute atomic E-state index is 0.236. The van der Waals surface area contributed by atoms with Crippen LogP contribution in [-0.2, 0) is 9.05 Å². The van der Waals surface area contributed by atoms with Crippen molar-refractivity contribution in [2.45, 2.75) is 6.29 Å². The molecule has 6 nitrogen and oxygen atoms in total. The van der Waals surface area contributed by atoms with Crippen molar-refractivity contribution in [1.82, 2.24) is 5.32 Å². The van der Waals surface area contributed by atoms with E-state index in [0.29, 0.717) is 13.2 Å². The van der Waals surface area contributed by atoms with Crippen LogP contribution in [0.15, 0.2) is 0 Å². The molecule has 1 fully saturated rings. The van der Waals surface area contributed by atoms with Crippen LogP contribution in [-0.4, -0.2) is 48.2 Å². The van der Waals surface area contributed by atoms with Gasteiger partial charge in [-0.1, -0.05) is 0 Å². The van der Waals surface area contributed by atoms with Crippen molar-refractivity contribution in [1.29, 1.82) is 0 Å². The predicted molar refractivity (Wildman–Crippen MR) is 43.2 cm³/mol. The quantitative estimate of drug-likeness (QED) is 0.329. The number of likely N-dealkylation sites (N-methyl/N-ethyl adjacent to an activating group) is 1. The van der Waals surface area contributed by atoms with E-state index in [4.69, 9.17) is 15.1 Å². The topological polar surface area (TPSA) is 91.2 Å². The molecule has 4 N–H and O–H groups in total. The molecule has 0 bridgehead atoms. The van der Waals surface area contributed by atoms with Crippen molar-refractivity contribution in [3.8, 4) is 0 Å². The van der Waals surface area contributed by atoms with Crippen LogP contribution < -0.4 is 5.32 Å². The number of hydrogen-bond acceptors (Lipinski definition) is 6. The summed E-state index contributed by atoms with van der Waals surface area (Å²) in [6, 6.07) is 0. The van der Waals surface area contributed by atoms with Gasteiger partial charge in [0.25, 0.3) is 0 Å². The average molecular weight is 199 g/mol. The van der Waals surface area contributed by atoms with Crippen LogP contribution >= 0.6 is 8.60 Å². The Hall–Kier alpha value is 0.190. The SMILES string of the molecule is CNCC(O)O.OP1OCCO1. The lowest BCUT2D eigenvalue weighted by Crippen LogP contribution is -2.22. The lowest BCUT2D eigenvalue weighted by atomic mass is 10.6. The summed E-state index contributed by atoms with van der Waals surface area (Å²) in [7, 11) is 0.187. The zero-order chi connectivity index (χ0) is 9.40. The van der Waals surface area contributed by atoms with Gasteiger partial charge in [0.05, 0.1) is 13.2 Å². The van der Waals surface area contributed by atoms with Crippen molar-refractivity contribution in [2.24, 2.45) is 0 Å². The van der Waals surface area contributed by atoms with E-state index in [-0.39, 0.29) is 6.54 Å². The summed E-state index contributed by atoms with van der Waals surface area (Å²) in [4.78, 5) is 8.35. The van der Waals surface area contributed by atoms with Gasteiger partial charge in [0.1, 0.15) is 0 Å². The van der Waals surface area contributed by atoms with Gasteiger partial charge in [-0.05, 0) is 7.05 Å². The van der Waals surface area contributed by atoms with Gasteiger partial charge in [-0.15, -0.1) is 0 Å². The largest absolute Gasteiger partial charge is 0.367 e. The molecule has 1 saturated heterocycles. The highest BCUT2D eigenvalue weighted by Crippen LogP contribution is 2.36. The van der Waals surface area contributed by atoms with E-state index < -0.39 is 14.9 Å². The number of nitrogens with one attached hydrogen (secondary N) is 1. The molecule has 1 heterocycles. The molecule has 0 aromatic rings. The van der Waals surface area contributed by atoms with E-state index in [1.54, 1.807) is 7.05 Å². The maximum absolute atomic E-state index is 8.35. The zero-order valence-electron chi connectivity index (χ0n) is 6.80. The summed E-state index contributed by atoms with van der Waals surface area (Å²) < 4.78 is 9.10. The first kappa shape index (κ1) is 12.2. The normalized spacial score (nSPS) is 17.8. The molecule has 12 heavy (non-hydrogen) atoms. The summed E-state index contributed by atoms with van der Waals surface area (Å²) in [6.07, 6.45) is -1.21. The van der Waals surface area contributed by atoms with Crippen molar-refractivity contribution in [3.05, 3.63) is 0 Å². The van der Waals surface area contributed by atoms with Crippen LogP contribution in [0.4, 0.5) is 0 Å². The molecule has 0 saturated carbocycles. The summed E-state index contributed by atoms with van der Waals surface area (Å²) >= 11 is 0. The molecule has 0 spiro atoms. The highest BCUT2D eigenvalue weighted by molar-refractivity contribution is 7.40. The minimum Gasteiger partial charge on any atom is -0.367 e. The van der Waals surface area contributed by atoms with Crippen LogP contribution in [0.25, 0.3) is 0 Å². The molecule has 0 unspecified atom stereocenters. The molecule has 74 valence electrons. The molecule has 1 rings (SSSR count). The van der Waals surface area contributed by atoms with Gasteiger partial charge in [0.2, 0.25) is 0 Å². The Bertz CT molecular complexity index is 97.8. The second-order valence-corrected chi connectivity index (χ2v) is 2.93. The molecular weight excluding hydrogens is 185 g/mol. The number of aliphatic hydroxyl groups is 2. The Morgan fingerprint density at radius 1 is 1.42 bits per heavy atom. The molecule has 1 aliphatic rings. The Morgan fingerprint density at radius 2 is 1.92 bits per heavy atom. The molecule has 7 heteroatoms.